The number of allylic oxidation sites excluding steroid dienone is 2. The number of hydrogen-bond donors (Lipinski definition) is 0. The fraction of sp³-hybridized carbons (Fsp3) is 0.125. The first kappa shape index (κ1) is 27.4. The number of Topliss-reactive ketones (excluding diaryl/α,β-unsaturated/α-hetero) is 1. The Morgan fingerprint density at radius 2 is 1.26 bits per heavy atom. The van der Waals surface area contributed by atoms with Gasteiger partial charge < -0.3 is 4.90 Å². The third-order valence-corrected chi connectivity index (χ3v) is 9.78. The Morgan fingerprint density at radius 1 is 0.674 bits per heavy atom. The van der Waals surface area contributed by atoms with Gasteiger partial charge in [0.25, 0.3) is 0 Å². The number of para-hydroxylation sites is 2. The highest BCUT2D eigenvalue weighted by Crippen LogP contribution is 2.63. The first-order chi connectivity index (χ1) is 20.9. The summed E-state index contributed by atoms with van der Waals surface area (Å²) < 4.78 is 1.01. The van der Waals surface area contributed by atoms with Gasteiger partial charge in [-0.1, -0.05) is 139 Å². The zero-order chi connectivity index (χ0) is 29.6. The van der Waals surface area contributed by atoms with Crippen molar-refractivity contribution in [3.8, 4) is 0 Å². The molecule has 1 spiro atoms. The summed E-state index contributed by atoms with van der Waals surface area (Å²) >= 11 is 3.63. The summed E-state index contributed by atoms with van der Waals surface area (Å²) in [5.74, 6) is -0.397. The first-order valence-electron chi connectivity index (χ1n) is 14.7. The zero-order valence-electron chi connectivity index (χ0n) is 24.2. The fourth-order valence-electron chi connectivity index (χ4n) is 7.21. The van der Waals surface area contributed by atoms with Crippen molar-refractivity contribution in [2.24, 2.45) is 5.92 Å². The van der Waals surface area contributed by atoms with E-state index in [9.17, 15) is 0 Å². The van der Waals surface area contributed by atoms with Crippen LogP contribution >= 0.6 is 15.9 Å². The molecule has 0 aromatic heterocycles. The molecular weight excluding hydrogens is 590 g/mol. The molecule has 43 heavy (non-hydrogen) atoms. The van der Waals surface area contributed by atoms with Gasteiger partial charge in [0, 0.05) is 26.8 Å². The van der Waals surface area contributed by atoms with E-state index in [2.05, 4.69) is 156 Å². The standard InChI is InChI=1S/C40H32BrNO/c1-39(2)35-20-12-13-21-36(35)42(33-18-10-5-11-19-33)40(39)27-31(28-14-6-3-7-15-28)26-34(29-22-24-32(41)25-23-29)37(40)38(43)30-16-8-4-9-17-30/h3-27,37H,1-2H3/t37-,40+/m1/s1. The molecule has 2 atom stereocenters. The van der Waals surface area contributed by atoms with E-state index < -0.39 is 16.9 Å². The Bertz CT molecular complexity index is 1860. The number of nitrogens with zero attached hydrogens (tertiary/aromatic N) is 1. The van der Waals surface area contributed by atoms with E-state index in [4.69, 9.17) is 0 Å². The number of benzene rings is 5. The molecule has 2 aliphatic rings. The quantitative estimate of drug-likeness (QED) is 0.182. The Labute approximate surface area is 262 Å². The van der Waals surface area contributed by atoms with Gasteiger partial charge in [0.2, 0.25) is 0 Å². The van der Waals surface area contributed by atoms with E-state index in [0.717, 1.165) is 38.1 Å². The summed E-state index contributed by atoms with van der Waals surface area (Å²) in [7, 11) is 0. The summed E-state index contributed by atoms with van der Waals surface area (Å²) in [5, 5.41) is 0. The lowest BCUT2D eigenvalue weighted by Crippen LogP contribution is -2.61. The van der Waals surface area contributed by atoms with Crippen LogP contribution in [0, 0.1) is 5.92 Å². The topological polar surface area (TPSA) is 20.3 Å². The van der Waals surface area contributed by atoms with Crippen LogP contribution in [0.25, 0.3) is 11.1 Å². The van der Waals surface area contributed by atoms with Gasteiger partial charge in [-0.3, -0.25) is 4.79 Å². The minimum atomic E-state index is -0.771. The predicted octanol–water partition coefficient (Wildman–Crippen LogP) is 10.3. The molecule has 1 aliphatic carbocycles. The minimum absolute atomic E-state index is 0.111. The van der Waals surface area contributed by atoms with Gasteiger partial charge in [0.15, 0.2) is 5.78 Å². The number of ketones is 1. The van der Waals surface area contributed by atoms with Crippen LogP contribution in [0.15, 0.2) is 156 Å². The molecule has 7 rings (SSSR count). The molecule has 0 saturated carbocycles. The molecule has 5 aromatic rings. The van der Waals surface area contributed by atoms with E-state index in [-0.39, 0.29) is 5.78 Å². The zero-order valence-corrected chi connectivity index (χ0v) is 25.8. The van der Waals surface area contributed by atoms with Gasteiger partial charge in [-0.25, -0.2) is 0 Å². The summed E-state index contributed by atoms with van der Waals surface area (Å²) in [6, 6.07) is 47.9. The Hall–Kier alpha value is -4.47. The lowest BCUT2D eigenvalue weighted by molar-refractivity contribution is 0.0888. The van der Waals surface area contributed by atoms with Gasteiger partial charge in [-0.15, -0.1) is 0 Å². The molecule has 0 amide bonds. The highest BCUT2D eigenvalue weighted by Gasteiger charge is 2.63. The van der Waals surface area contributed by atoms with E-state index in [1.165, 1.54) is 5.56 Å². The molecule has 5 aromatic carbocycles. The molecule has 0 unspecified atom stereocenters. The molecule has 210 valence electrons. The van der Waals surface area contributed by atoms with Gasteiger partial charge in [-0.05, 0) is 70.3 Å². The molecule has 0 fully saturated rings. The van der Waals surface area contributed by atoms with E-state index in [1.807, 2.05) is 30.3 Å². The number of halogens is 1. The second-order valence-corrected chi connectivity index (χ2v) is 12.8. The first-order valence-corrected chi connectivity index (χ1v) is 15.5. The van der Waals surface area contributed by atoms with Crippen LogP contribution in [0.3, 0.4) is 0 Å². The number of anilines is 2. The average Bonchev–Trinajstić information content (AvgIpc) is 3.24. The molecular formula is C40H32BrNO. The number of fused-ring (bicyclic) bond motifs is 1. The summed E-state index contributed by atoms with van der Waals surface area (Å²) in [5.41, 5.74) is 7.20. The summed E-state index contributed by atoms with van der Waals surface area (Å²) in [6.07, 6.45) is 4.64. The third-order valence-electron chi connectivity index (χ3n) is 9.25. The lowest BCUT2D eigenvalue weighted by atomic mass is 9.57. The van der Waals surface area contributed by atoms with Crippen LogP contribution in [0.4, 0.5) is 11.4 Å². The highest BCUT2D eigenvalue weighted by atomic mass is 79.9. The van der Waals surface area contributed by atoms with Crippen molar-refractivity contribution in [2.75, 3.05) is 4.90 Å². The lowest BCUT2D eigenvalue weighted by Gasteiger charge is -2.53. The van der Waals surface area contributed by atoms with Crippen molar-refractivity contribution in [1.29, 1.82) is 0 Å². The van der Waals surface area contributed by atoms with Gasteiger partial charge in [0.05, 0.1) is 11.5 Å². The van der Waals surface area contributed by atoms with Gasteiger partial charge >= 0.3 is 0 Å². The molecule has 0 N–H and O–H groups in total. The van der Waals surface area contributed by atoms with Crippen molar-refractivity contribution in [3.63, 3.8) is 0 Å². The van der Waals surface area contributed by atoms with Gasteiger partial charge in [-0.2, -0.15) is 0 Å². The van der Waals surface area contributed by atoms with Crippen molar-refractivity contribution >= 4 is 44.2 Å². The molecule has 1 aliphatic heterocycles. The second-order valence-electron chi connectivity index (χ2n) is 11.9. The molecule has 3 heteroatoms. The number of rotatable bonds is 5. The maximum absolute atomic E-state index is 15.2. The largest absolute Gasteiger partial charge is 0.330 e. The monoisotopic (exact) mass is 621 g/mol. The number of carbonyl (C=O) groups is 1. The highest BCUT2D eigenvalue weighted by molar-refractivity contribution is 9.10. The molecule has 0 saturated heterocycles. The SMILES string of the molecule is CC1(C)c2ccccc2N(c2ccccc2)[C@]12C=C(c1ccccc1)C=C(c1ccc(Br)cc1)[C@@H]2C(=O)c1ccccc1. The van der Waals surface area contributed by atoms with Crippen molar-refractivity contribution in [2.45, 2.75) is 24.8 Å². The van der Waals surface area contributed by atoms with E-state index in [1.54, 1.807) is 0 Å². The normalized spacial score (nSPS) is 20.3. The maximum Gasteiger partial charge on any atom is 0.173 e. The fourth-order valence-corrected chi connectivity index (χ4v) is 7.47. The minimum Gasteiger partial charge on any atom is -0.330 e. The number of carbonyl (C=O) groups excluding carboxylic acids is 1. The van der Waals surface area contributed by atoms with E-state index >= 15 is 4.79 Å². The smallest absolute Gasteiger partial charge is 0.173 e. The van der Waals surface area contributed by atoms with Crippen LogP contribution in [-0.4, -0.2) is 11.3 Å². The third kappa shape index (κ3) is 4.34. The molecule has 0 bridgehead atoms. The van der Waals surface area contributed by atoms with Crippen LogP contribution in [0.2, 0.25) is 0 Å². The van der Waals surface area contributed by atoms with Crippen LogP contribution in [0.1, 0.15) is 40.9 Å². The average molecular weight is 623 g/mol. The summed E-state index contributed by atoms with van der Waals surface area (Å²) in [6.45, 7) is 4.62. The van der Waals surface area contributed by atoms with Crippen LogP contribution in [-0.2, 0) is 5.41 Å². The van der Waals surface area contributed by atoms with E-state index in [0.29, 0.717) is 5.56 Å². The second kappa shape index (κ2) is 10.7. The predicted molar refractivity (Wildman–Crippen MR) is 182 cm³/mol. The molecule has 2 nitrogen and oxygen atoms in total. The molecule has 0 radical (unpaired) electrons. The van der Waals surface area contributed by atoms with Crippen LogP contribution in [0.5, 0.6) is 0 Å². The molecule has 1 heterocycles. The summed E-state index contributed by atoms with van der Waals surface area (Å²) in [4.78, 5) is 17.6. The van der Waals surface area contributed by atoms with Gasteiger partial charge in [0.1, 0.15) is 0 Å². The Morgan fingerprint density at radius 3 is 1.93 bits per heavy atom. The van der Waals surface area contributed by atoms with Crippen LogP contribution < -0.4 is 4.90 Å². The Balaban J connectivity index is 1.61. The Kier molecular flexibility index (Phi) is 6.79. The number of hydrogen-bond acceptors (Lipinski definition) is 2. The maximum atomic E-state index is 15.2. The van der Waals surface area contributed by atoms with Crippen molar-refractivity contribution in [3.05, 3.63) is 178 Å². The van der Waals surface area contributed by atoms with Crippen molar-refractivity contribution < 1.29 is 4.79 Å². The van der Waals surface area contributed by atoms with Crippen molar-refractivity contribution in [1.82, 2.24) is 0 Å².